The zero-order valence-corrected chi connectivity index (χ0v) is 14.7. The first-order chi connectivity index (χ1) is 11.7. The highest BCUT2D eigenvalue weighted by atomic mass is 35.5. The van der Waals surface area contributed by atoms with Crippen molar-refractivity contribution < 1.29 is 0 Å². The summed E-state index contributed by atoms with van der Waals surface area (Å²) in [6, 6.07) is 11.6. The van der Waals surface area contributed by atoms with Crippen LogP contribution in [-0.2, 0) is 0 Å². The fraction of sp³-hybridized carbons (Fsp3) is 0.263. The van der Waals surface area contributed by atoms with Crippen molar-refractivity contribution in [2.75, 3.05) is 18.0 Å². The predicted octanol–water partition coefficient (Wildman–Crippen LogP) is 5.59. The second-order valence-electron chi connectivity index (χ2n) is 6.10. The molecule has 0 unspecified atom stereocenters. The van der Waals surface area contributed by atoms with E-state index < -0.39 is 0 Å². The van der Waals surface area contributed by atoms with Crippen LogP contribution in [0.4, 0.5) is 5.82 Å². The minimum atomic E-state index is 0.636. The van der Waals surface area contributed by atoms with E-state index in [1.54, 1.807) is 6.07 Å². The summed E-state index contributed by atoms with van der Waals surface area (Å²) in [6.45, 7) is 2.12. The lowest BCUT2D eigenvalue weighted by Gasteiger charge is -2.27. The minimum Gasteiger partial charge on any atom is -0.355 e. The van der Waals surface area contributed by atoms with Gasteiger partial charge in [0.1, 0.15) is 5.82 Å². The Kier molecular flexibility index (Phi) is 4.30. The number of fused-ring (bicyclic) bond motifs is 1. The number of halogens is 2. The molecule has 3 aromatic rings. The summed E-state index contributed by atoms with van der Waals surface area (Å²) in [5.41, 5.74) is 3.76. The lowest BCUT2D eigenvalue weighted by atomic mass is 10.0. The molecule has 1 saturated heterocycles. The highest BCUT2D eigenvalue weighted by Crippen LogP contribution is 2.32. The molecule has 0 radical (unpaired) electrons. The van der Waals surface area contributed by atoms with Gasteiger partial charge in [-0.25, -0.2) is 4.98 Å². The van der Waals surface area contributed by atoms with E-state index in [-0.39, 0.29) is 0 Å². The molecule has 0 spiro atoms. The van der Waals surface area contributed by atoms with Crippen molar-refractivity contribution in [1.82, 2.24) is 9.97 Å². The molecule has 0 saturated carbocycles. The fourth-order valence-electron chi connectivity index (χ4n) is 3.17. The van der Waals surface area contributed by atoms with Gasteiger partial charge in [-0.05, 0) is 49.1 Å². The summed E-state index contributed by atoms with van der Waals surface area (Å²) < 4.78 is 0. The summed E-state index contributed by atoms with van der Waals surface area (Å²) in [5, 5.41) is 1.28. The summed E-state index contributed by atoms with van der Waals surface area (Å²) in [4.78, 5) is 11.7. The van der Waals surface area contributed by atoms with Crippen LogP contribution in [0.3, 0.4) is 0 Å². The van der Waals surface area contributed by atoms with Crippen molar-refractivity contribution in [1.29, 1.82) is 0 Å². The first-order valence-corrected chi connectivity index (χ1v) is 8.93. The van der Waals surface area contributed by atoms with Crippen LogP contribution in [-0.4, -0.2) is 23.1 Å². The van der Waals surface area contributed by atoms with E-state index in [0.29, 0.717) is 10.0 Å². The van der Waals surface area contributed by atoms with Gasteiger partial charge in [-0.3, -0.25) is 4.98 Å². The summed E-state index contributed by atoms with van der Waals surface area (Å²) in [7, 11) is 0. The molecule has 0 bridgehead atoms. The Morgan fingerprint density at radius 3 is 2.50 bits per heavy atom. The van der Waals surface area contributed by atoms with Crippen molar-refractivity contribution in [3.63, 3.8) is 0 Å². The van der Waals surface area contributed by atoms with E-state index in [4.69, 9.17) is 28.2 Å². The Hall–Kier alpha value is -1.84. The van der Waals surface area contributed by atoms with E-state index >= 15 is 0 Å². The van der Waals surface area contributed by atoms with Gasteiger partial charge in [-0.1, -0.05) is 35.3 Å². The van der Waals surface area contributed by atoms with Crippen LogP contribution in [0.1, 0.15) is 19.3 Å². The molecule has 0 atom stereocenters. The van der Waals surface area contributed by atoms with Gasteiger partial charge in [-0.2, -0.15) is 0 Å². The number of aromatic nitrogens is 2. The van der Waals surface area contributed by atoms with E-state index in [9.17, 15) is 0 Å². The van der Waals surface area contributed by atoms with Crippen LogP contribution in [0.2, 0.25) is 10.0 Å². The molecular formula is C19H17Cl2N3. The molecule has 4 rings (SSSR count). The minimum absolute atomic E-state index is 0.636. The quantitative estimate of drug-likeness (QED) is 0.598. The SMILES string of the molecule is Clc1ccc(-c2ccc3ncc(N4CCCCC4)nc3c2)c(Cl)c1. The summed E-state index contributed by atoms with van der Waals surface area (Å²) in [6.07, 6.45) is 5.62. The maximum atomic E-state index is 6.34. The van der Waals surface area contributed by atoms with Gasteiger partial charge in [0.2, 0.25) is 0 Å². The predicted molar refractivity (Wildman–Crippen MR) is 101 cm³/mol. The van der Waals surface area contributed by atoms with Gasteiger partial charge in [0, 0.05) is 28.7 Å². The number of piperidine rings is 1. The molecule has 122 valence electrons. The molecule has 3 nitrogen and oxygen atoms in total. The highest BCUT2D eigenvalue weighted by Gasteiger charge is 2.13. The monoisotopic (exact) mass is 357 g/mol. The third kappa shape index (κ3) is 3.06. The van der Waals surface area contributed by atoms with Crippen LogP contribution < -0.4 is 4.90 Å². The molecule has 0 aliphatic carbocycles. The van der Waals surface area contributed by atoms with Crippen molar-refractivity contribution in [3.8, 4) is 11.1 Å². The third-order valence-electron chi connectivity index (χ3n) is 4.45. The number of hydrogen-bond acceptors (Lipinski definition) is 3. The van der Waals surface area contributed by atoms with Gasteiger partial charge in [0.05, 0.1) is 17.2 Å². The van der Waals surface area contributed by atoms with Crippen molar-refractivity contribution in [3.05, 3.63) is 52.6 Å². The van der Waals surface area contributed by atoms with Crippen LogP contribution >= 0.6 is 23.2 Å². The molecule has 0 amide bonds. The van der Waals surface area contributed by atoms with Crippen molar-refractivity contribution in [2.24, 2.45) is 0 Å². The Morgan fingerprint density at radius 2 is 1.71 bits per heavy atom. The molecule has 1 fully saturated rings. The highest BCUT2D eigenvalue weighted by molar-refractivity contribution is 6.36. The average molecular weight is 358 g/mol. The number of anilines is 1. The standard InChI is InChI=1S/C19H17Cl2N3/c20-14-5-6-15(16(21)11-14)13-4-7-17-18(10-13)23-19(12-22-17)24-8-2-1-3-9-24/h4-7,10-12H,1-3,8-9H2. The zero-order valence-electron chi connectivity index (χ0n) is 13.2. The molecule has 2 aromatic carbocycles. The number of benzene rings is 2. The second-order valence-corrected chi connectivity index (χ2v) is 6.95. The first kappa shape index (κ1) is 15.7. The van der Waals surface area contributed by atoms with Crippen LogP contribution in [0.25, 0.3) is 22.2 Å². The summed E-state index contributed by atoms with van der Waals surface area (Å²) in [5.74, 6) is 0.960. The van der Waals surface area contributed by atoms with Gasteiger partial charge in [0.25, 0.3) is 0 Å². The maximum absolute atomic E-state index is 6.34. The molecule has 24 heavy (non-hydrogen) atoms. The summed E-state index contributed by atoms with van der Waals surface area (Å²) >= 11 is 12.3. The Balaban J connectivity index is 1.75. The smallest absolute Gasteiger partial charge is 0.147 e. The lowest BCUT2D eigenvalue weighted by molar-refractivity contribution is 0.573. The zero-order chi connectivity index (χ0) is 16.5. The largest absolute Gasteiger partial charge is 0.355 e. The fourth-order valence-corrected chi connectivity index (χ4v) is 3.69. The molecule has 1 aromatic heterocycles. The molecule has 5 heteroatoms. The molecular weight excluding hydrogens is 341 g/mol. The molecule has 2 heterocycles. The molecule has 1 aliphatic heterocycles. The lowest BCUT2D eigenvalue weighted by Crippen LogP contribution is -2.30. The maximum Gasteiger partial charge on any atom is 0.147 e. The second kappa shape index (κ2) is 6.58. The van der Waals surface area contributed by atoms with Crippen molar-refractivity contribution in [2.45, 2.75) is 19.3 Å². The molecule has 0 N–H and O–H groups in total. The Labute approximate surface area is 151 Å². The van der Waals surface area contributed by atoms with Crippen LogP contribution in [0.5, 0.6) is 0 Å². The van der Waals surface area contributed by atoms with E-state index in [1.807, 2.05) is 36.5 Å². The number of nitrogens with zero attached hydrogens (tertiary/aromatic N) is 3. The Morgan fingerprint density at radius 1 is 0.875 bits per heavy atom. The normalized spacial score (nSPS) is 15.0. The van der Waals surface area contributed by atoms with Gasteiger partial charge < -0.3 is 4.90 Å². The van der Waals surface area contributed by atoms with Crippen molar-refractivity contribution >= 4 is 40.1 Å². The van der Waals surface area contributed by atoms with E-state index in [0.717, 1.165) is 41.1 Å². The topological polar surface area (TPSA) is 29.0 Å². The van der Waals surface area contributed by atoms with Gasteiger partial charge in [-0.15, -0.1) is 0 Å². The van der Waals surface area contributed by atoms with Gasteiger partial charge in [0.15, 0.2) is 0 Å². The van der Waals surface area contributed by atoms with Gasteiger partial charge >= 0.3 is 0 Å². The van der Waals surface area contributed by atoms with E-state index in [2.05, 4.69) is 9.88 Å². The number of rotatable bonds is 2. The Bertz CT molecular complexity index is 889. The first-order valence-electron chi connectivity index (χ1n) is 8.18. The van der Waals surface area contributed by atoms with Crippen LogP contribution in [0, 0.1) is 0 Å². The molecule has 1 aliphatic rings. The average Bonchev–Trinajstić information content (AvgIpc) is 2.61. The third-order valence-corrected chi connectivity index (χ3v) is 5.00. The number of hydrogen-bond donors (Lipinski definition) is 0. The van der Waals surface area contributed by atoms with Crippen LogP contribution in [0.15, 0.2) is 42.6 Å². The van der Waals surface area contributed by atoms with E-state index in [1.165, 1.54) is 19.3 Å².